The molecule has 0 saturated carbocycles. The lowest BCUT2D eigenvalue weighted by Gasteiger charge is -1.96. The molecular weight excluding hydrogens is 380 g/mol. The molecule has 1 aliphatic rings. The van der Waals surface area contributed by atoms with Gasteiger partial charge >= 0.3 is 5.24 Å². The normalized spacial score (nSPS) is 23.0. The molecule has 1 rings (SSSR count). The third-order valence-electron chi connectivity index (χ3n) is 0.846. The van der Waals surface area contributed by atoms with Crippen LogP contribution in [0.2, 0.25) is 0 Å². The molecule has 54 valence electrons. The van der Waals surface area contributed by atoms with Crippen LogP contribution in [0.4, 0.5) is 4.79 Å². The van der Waals surface area contributed by atoms with E-state index in [1.165, 1.54) is 0 Å². The summed E-state index contributed by atoms with van der Waals surface area (Å²) in [7, 11) is 0. The second kappa shape index (κ2) is 3.39. The molecule has 0 unspecified atom stereocenters. The Labute approximate surface area is 89.2 Å². The zero-order chi connectivity index (χ0) is 7.72. The van der Waals surface area contributed by atoms with Crippen LogP contribution in [0.3, 0.4) is 0 Å². The van der Waals surface area contributed by atoms with Gasteiger partial charge in [0.1, 0.15) is 0 Å². The first kappa shape index (κ1) is 8.78. The van der Waals surface area contributed by atoms with Crippen LogP contribution in [0.1, 0.15) is 0 Å². The number of carbonyl (C=O) groups excluding carboxylic acids is 2. The summed E-state index contributed by atoms with van der Waals surface area (Å²) in [6.45, 7) is 0. The molecular formula is C4HI2NO2S. The molecule has 0 aliphatic carbocycles. The Morgan fingerprint density at radius 3 is 2.30 bits per heavy atom. The van der Waals surface area contributed by atoms with Gasteiger partial charge in [0.2, 0.25) is 0 Å². The van der Waals surface area contributed by atoms with Crippen molar-refractivity contribution in [1.82, 2.24) is 3.11 Å². The van der Waals surface area contributed by atoms with E-state index < -0.39 is 0 Å². The molecule has 0 aromatic carbocycles. The molecule has 0 N–H and O–H groups in total. The highest BCUT2D eigenvalue weighted by Gasteiger charge is 2.32. The van der Waals surface area contributed by atoms with Gasteiger partial charge in [-0.25, -0.2) is 3.11 Å². The van der Waals surface area contributed by atoms with Crippen molar-refractivity contribution in [3.8, 4) is 0 Å². The average Bonchev–Trinajstić information content (AvgIpc) is 2.17. The van der Waals surface area contributed by atoms with Crippen molar-refractivity contribution in [2.24, 2.45) is 0 Å². The van der Waals surface area contributed by atoms with Crippen molar-refractivity contribution in [2.45, 2.75) is 0 Å². The quantitative estimate of drug-likeness (QED) is 0.367. The van der Waals surface area contributed by atoms with E-state index in [4.69, 9.17) is 0 Å². The summed E-state index contributed by atoms with van der Waals surface area (Å²) < 4.78 is 2.69. The van der Waals surface area contributed by atoms with E-state index in [2.05, 4.69) is 0 Å². The van der Waals surface area contributed by atoms with Crippen LogP contribution >= 0.6 is 57.2 Å². The number of amides is 2. The summed E-state index contributed by atoms with van der Waals surface area (Å²) in [6, 6.07) is 0. The van der Waals surface area contributed by atoms with Crippen LogP contribution in [0.25, 0.3) is 0 Å². The Kier molecular flexibility index (Phi) is 2.98. The molecule has 0 radical (unpaired) electrons. The number of halogens is 2. The van der Waals surface area contributed by atoms with Gasteiger partial charge in [-0.1, -0.05) is 22.6 Å². The predicted molar refractivity (Wildman–Crippen MR) is 56.0 cm³/mol. The van der Waals surface area contributed by atoms with Crippen LogP contribution in [0.5, 0.6) is 0 Å². The van der Waals surface area contributed by atoms with E-state index >= 15 is 0 Å². The second-order valence-corrected chi connectivity index (χ2v) is 4.01. The van der Waals surface area contributed by atoms with Crippen LogP contribution < -0.4 is 0 Å². The monoisotopic (exact) mass is 381 g/mol. The van der Waals surface area contributed by atoms with Gasteiger partial charge in [0.15, 0.2) is 0 Å². The highest BCUT2D eigenvalue weighted by Crippen LogP contribution is 2.33. The summed E-state index contributed by atoms with van der Waals surface area (Å²) in [5.41, 5.74) is 0. The first-order valence-corrected chi connectivity index (χ1v) is 5.22. The highest BCUT2D eigenvalue weighted by atomic mass is 127. The molecule has 0 aromatic heterocycles. The molecule has 2 amide bonds. The summed E-state index contributed by atoms with van der Waals surface area (Å²) in [6.07, 6.45) is 0. The lowest BCUT2D eigenvalue weighted by atomic mass is 10.6. The van der Waals surface area contributed by atoms with E-state index in [0.717, 1.165) is 14.9 Å². The van der Waals surface area contributed by atoms with Gasteiger partial charge in [-0.15, -0.1) is 0 Å². The molecule has 0 aromatic rings. The minimum atomic E-state index is -0.218. The van der Waals surface area contributed by atoms with Gasteiger partial charge < -0.3 is 0 Å². The zero-order valence-electron chi connectivity index (χ0n) is 4.51. The Hall–Kier alpha value is 0.690. The van der Waals surface area contributed by atoms with Crippen LogP contribution in [-0.4, -0.2) is 14.3 Å². The highest BCUT2D eigenvalue weighted by molar-refractivity contribution is 14.1. The Morgan fingerprint density at radius 2 is 2.10 bits per heavy atom. The van der Waals surface area contributed by atoms with Crippen molar-refractivity contribution in [2.75, 3.05) is 0 Å². The maximum absolute atomic E-state index is 11.0. The standard InChI is InChI=1S/C4HI2NO2S/c5-1-2-3(8)7(6)4(9)10-2/h1H/b2-1-. The number of carbonyl (C=O) groups is 2. The summed E-state index contributed by atoms with van der Waals surface area (Å²) in [5, 5.41) is -0.214. The number of imide groups is 1. The first-order chi connectivity index (χ1) is 4.66. The molecule has 1 aliphatic heterocycles. The maximum Gasteiger partial charge on any atom is 0.302 e. The van der Waals surface area contributed by atoms with E-state index in [-0.39, 0.29) is 11.1 Å². The lowest BCUT2D eigenvalue weighted by molar-refractivity contribution is -0.118. The molecule has 1 fully saturated rings. The zero-order valence-corrected chi connectivity index (χ0v) is 9.64. The van der Waals surface area contributed by atoms with Gasteiger partial charge in [-0.2, -0.15) is 0 Å². The largest absolute Gasteiger partial charge is 0.302 e. The molecule has 0 bridgehead atoms. The van der Waals surface area contributed by atoms with Crippen molar-refractivity contribution in [1.29, 1.82) is 0 Å². The number of hydrogen-bond donors (Lipinski definition) is 0. The number of hydrogen-bond acceptors (Lipinski definition) is 3. The van der Waals surface area contributed by atoms with E-state index in [9.17, 15) is 9.59 Å². The fourth-order valence-corrected chi connectivity index (χ4v) is 2.37. The Bertz CT molecular complexity index is 227. The van der Waals surface area contributed by atoms with E-state index in [1.807, 2.05) is 22.6 Å². The number of rotatable bonds is 0. The van der Waals surface area contributed by atoms with Gasteiger partial charge in [0.25, 0.3) is 5.91 Å². The molecule has 0 spiro atoms. The molecule has 10 heavy (non-hydrogen) atoms. The van der Waals surface area contributed by atoms with Crippen LogP contribution in [-0.2, 0) is 4.79 Å². The minimum Gasteiger partial charge on any atom is -0.267 e. The second-order valence-electron chi connectivity index (χ2n) is 1.43. The summed E-state index contributed by atoms with van der Waals surface area (Å²) in [4.78, 5) is 22.2. The van der Waals surface area contributed by atoms with Crippen molar-refractivity contribution in [3.05, 3.63) is 8.99 Å². The Morgan fingerprint density at radius 1 is 1.50 bits per heavy atom. The molecule has 0 atom stereocenters. The van der Waals surface area contributed by atoms with Crippen LogP contribution in [0.15, 0.2) is 8.99 Å². The summed E-state index contributed by atoms with van der Waals surface area (Å²) >= 11 is 4.60. The van der Waals surface area contributed by atoms with Gasteiger partial charge in [-0.3, -0.25) is 9.59 Å². The summed E-state index contributed by atoms with van der Waals surface area (Å²) in [5.74, 6) is -0.218. The third kappa shape index (κ3) is 1.47. The number of nitrogens with zero attached hydrogens (tertiary/aromatic N) is 1. The maximum atomic E-state index is 11.0. The van der Waals surface area contributed by atoms with E-state index in [0.29, 0.717) is 4.91 Å². The molecule has 6 heteroatoms. The average molecular weight is 381 g/mol. The van der Waals surface area contributed by atoms with Crippen molar-refractivity contribution >= 4 is 68.4 Å². The molecule has 3 nitrogen and oxygen atoms in total. The SMILES string of the molecule is O=C1S/C(=C\I)C(=O)N1I. The lowest BCUT2D eigenvalue weighted by Crippen LogP contribution is -2.15. The molecule has 1 heterocycles. The van der Waals surface area contributed by atoms with Gasteiger partial charge in [0, 0.05) is 0 Å². The fraction of sp³-hybridized carbons (Fsp3) is 0. The topological polar surface area (TPSA) is 37.4 Å². The van der Waals surface area contributed by atoms with Gasteiger partial charge in [-0.05, 0) is 15.8 Å². The fourth-order valence-electron chi connectivity index (χ4n) is 0.426. The van der Waals surface area contributed by atoms with Crippen molar-refractivity contribution < 1.29 is 9.59 Å². The van der Waals surface area contributed by atoms with E-state index in [1.54, 1.807) is 26.9 Å². The van der Waals surface area contributed by atoms with Crippen LogP contribution in [0, 0.1) is 0 Å². The first-order valence-electron chi connectivity index (χ1n) is 2.19. The van der Waals surface area contributed by atoms with Gasteiger partial charge in [0.05, 0.1) is 27.8 Å². The predicted octanol–water partition coefficient (Wildman–Crippen LogP) is 2.31. The Balaban J connectivity index is 2.92. The van der Waals surface area contributed by atoms with Crippen molar-refractivity contribution in [3.63, 3.8) is 0 Å². The smallest absolute Gasteiger partial charge is 0.267 e. The minimum absolute atomic E-state index is 0.214. The molecule has 1 saturated heterocycles. The number of thioether (sulfide) groups is 1. The third-order valence-corrected chi connectivity index (χ3v) is 3.96.